The highest BCUT2D eigenvalue weighted by Crippen LogP contribution is 2.71. The Labute approximate surface area is 562 Å². The van der Waals surface area contributed by atoms with Gasteiger partial charge in [0.2, 0.25) is 0 Å². The van der Waals surface area contributed by atoms with Crippen LogP contribution in [0.3, 0.4) is 0 Å². The lowest BCUT2D eigenvalue weighted by Crippen LogP contribution is -2.78. The number of hydrogen-bond donors (Lipinski definition) is 5. The average molecular weight is 1350 g/mol. The number of rotatable bonds is 21. The van der Waals surface area contributed by atoms with E-state index in [0.29, 0.717) is 38.5 Å². The normalized spacial score (nSPS) is 46.0. The number of aliphatic hydroxyl groups is 5. The van der Waals surface area contributed by atoms with E-state index < -0.39 is 187 Å². The van der Waals surface area contributed by atoms with Gasteiger partial charge in [-0.05, 0) is 116 Å². The summed E-state index contributed by atoms with van der Waals surface area (Å²) in [7, 11) is 7.87. The van der Waals surface area contributed by atoms with E-state index >= 15 is 0 Å². The second-order valence-electron chi connectivity index (χ2n) is 28.4. The highest BCUT2D eigenvalue weighted by molar-refractivity contribution is 5.89. The Kier molecular flexibility index (Phi) is 22.8. The van der Waals surface area contributed by atoms with Crippen molar-refractivity contribution >= 4 is 18.0 Å². The summed E-state index contributed by atoms with van der Waals surface area (Å²) in [6.45, 7) is 14.6. The lowest BCUT2D eigenvalue weighted by Gasteiger charge is -2.67. The number of benzene rings is 1. The van der Waals surface area contributed by atoms with Crippen LogP contribution in [0, 0.1) is 16.7 Å². The van der Waals surface area contributed by atoms with Crippen LogP contribution in [0.1, 0.15) is 142 Å². The summed E-state index contributed by atoms with van der Waals surface area (Å²) in [5.41, 5.74) is -6.20. The second kappa shape index (κ2) is 29.9. The fourth-order valence-corrected chi connectivity index (χ4v) is 17.7. The highest BCUT2D eigenvalue weighted by atomic mass is 16.8. The molecule has 30 atom stereocenters. The van der Waals surface area contributed by atoms with Gasteiger partial charge in [0.05, 0.1) is 72.0 Å². The van der Waals surface area contributed by atoms with E-state index in [-0.39, 0.29) is 43.8 Å². The number of ether oxygens (including phenoxy) is 17. The van der Waals surface area contributed by atoms with Crippen molar-refractivity contribution in [3.63, 3.8) is 0 Å². The van der Waals surface area contributed by atoms with Gasteiger partial charge in [0.15, 0.2) is 31.5 Å². The molecule has 8 fully saturated rings. The van der Waals surface area contributed by atoms with Crippen LogP contribution in [0.4, 0.5) is 0 Å². The van der Waals surface area contributed by atoms with Crippen LogP contribution >= 0.6 is 0 Å². The van der Waals surface area contributed by atoms with Crippen LogP contribution in [0.2, 0.25) is 0 Å². The average Bonchev–Trinajstić information content (AvgIpc) is 1.39. The first kappa shape index (κ1) is 73.2. The van der Waals surface area contributed by atoms with Crippen LogP contribution in [-0.4, -0.2) is 242 Å². The highest BCUT2D eigenvalue weighted by Gasteiger charge is 2.81. The number of hydrogen-bond acceptors (Lipinski definition) is 25. The molecule has 0 amide bonds. The molecule has 0 spiro atoms. The number of carbonyl (C=O) groups is 2. The fraction of sp³-hybridized carbons (Fsp3) is 0.761. The third kappa shape index (κ3) is 13.8. The Morgan fingerprint density at radius 1 is 0.615 bits per heavy atom. The summed E-state index contributed by atoms with van der Waals surface area (Å²) < 4.78 is 107. The van der Waals surface area contributed by atoms with E-state index in [1.54, 1.807) is 67.4 Å². The zero-order chi connectivity index (χ0) is 68.8. The fourth-order valence-electron chi connectivity index (χ4n) is 17.7. The van der Waals surface area contributed by atoms with Gasteiger partial charge in [-0.25, -0.2) is 9.59 Å². The molecule has 9 aliphatic rings. The van der Waals surface area contributed by atoms with E-state index in [0.717, 1.165) is 11.1 Å². The molecular formula is C71H103NO24. The number of pyridine rings is 1. The van der Waals surface area contributed by atoms with Gasteiger partial charge < -0.3 is 106 Å². The number of aliphatic hydroxyl groups excluding tert-OH is 2. The van der Waals surface area contributed by atoms with E-state index in [4.69, 9.17) is 80.5 Å². The topological polar surface area (TPSA) is 305 Å². The van der Waals surface area contributed by atoms with Gasteiger partial charge in [0.25, 0.3) is 0 Å². The quantitative estimate of drug-likeness (QED) is 0.0561. The molecule has 4 aliphatic carbocycles. The maximum absolute atomic E-state index is 14.0. The summed E-state index contributed by atoms with van der Waals surface area (Å²) >= 11 is 0. The minimum Gasteiger partial charge on any atom is -0.458 e. The number of fused-ring (bicyclic) bond motifs is 5. The molecule has 6 heterocycles. The van der Waals surface area contributed by atoms with Gasteiger partial charge in [-0.15, -0.1) is 0 Å². The summed E-state index contributed by atoms with van der Waals surface area (Å²) in [4.78, 5) is 31.6. The van der Waals surface area contributed by atoms with Crippen LogP contribution in [0.15, 0.2) is 72.6 Å². The van der Waals surface area contributed by atoms with Gasteiger partial charge >= 0.3 is 11.9 Å². The van der Waals surface area contributed by atoms with Crippen molar-refractivity contribution in [2.45, 2.75) is 290 Å². The van der Waals surface area contributed by atoms with Crippen molar-refractivity contribution in [3.05, 3.63) is 83.7 Å². The Hall–Kier alpha value is -4.01. The third-order valence-corrected chi connectivity index (χ3v) is 23.2. The molecule has 5 aliphatic heterocycles. The van der Waals surface area contributed by atoms with E-state index in [9.17, 15) is 35.1 Å². The van der Waals surface area contributed by atoms with Crippen LogP contribution < -0.4 is 0 Å². The number of nitrogens with zero attached hydrogens (tertiary/aromatic N) is 1. The van der Waals surface area contributed by atoms with Crippen LogP contribution in [0.25, 0.3) is 6.08 Å². The minimum atomic E-state index is -2.02. The van der Waals surface area contributed by atoms with Crippen molar-refractivity contribution in [2.75, 3.05) is 35.5 Å². The first-order chi connectivity index (χ1) is 45.8. The SMILES string of the molecule is COC1CC(OC2CCC3(C)C(=CCC4(O)C3CC(OC(=O)C=Cc3ccccc3)C3(C)C(O)(C(C)OC(=O)c5cccnc5)CCC43O)C2)OC(C)C1OC1CC(OC)C(OC2CC(OC)C(OC3CC(OC)C(OC4OC(C)C(O)C(OC)C4O)C(C)O3)C(C)O2)C(C)O1. The van der Waals surface area contributed by atoms with E-state index in [2.05, 4.69) is 11.9 Å². The summed E-state index contributed by atoms with van der Waals surface area (Å²) in [5, 5.41) is 61.4. The van der Waals surface area contributed by atoms with E-state index in [1.165, 1.54) is 25.6 Å². The molecule has 0 radical (unpaired) electrons. The molecule has 11 rings (SSSR count). The molecule has 96 heavy (non-hydrogen) atoms. The van der Waals surface area contributed by atoms with Crippen molar-refractivity contribution in [1.29, 1.82) is 0 Å². The molecule has 1 aromatic heterocycles. The standard InChI is InChI=1S/C71H103NO24/c1-37-58(74)64(84-13)59(75)66(89-37)96-63-41(5)88-57(34-50(63)83-12)95-62-40(4)87-56(33-49(62)82-11)94-61-39(3)86-55(32-48(61)81-10)93-60-38(2)85-54(31-47(60)80-9)91-46-24-25-67(7)45(30-46)23-26-70(78)51(67)35-52(92-53(73)22-21-43-18-15-14-16-19-43)68(8)69(77,27-28-71(68,70)79)42(6)90-65(76)44-20-17-29-72-36-44/h14-23,29,36-42,46-52,54-64,66,74-75,77-79H,24-28,30-35H2,1-13H3. The predicted molar refractivity (Wildman–Crippen MR) is 340 cm³/mol. The molecule has 5 saturated heterocycles. The first-order valence-corrected chi connectivity index (χ1v) is 34.2. The lowest BCUT2D eigenvalue weighted by atomic mass is 9.42. The molecular weight excluding hydrogens is 1250 g/mol. The summed E-state index contributed by atoms with van der Waals surface area (Å²) in [6, 6.07) is 12.5. The molecule has 30 unspecified atom stereocenters. The molecule has 2 aromatic rings. The molecule has 3 saturated carbocycles. The first-order valence-electron chi connectivity index (χ1n) is 34.2. The molecule has 1 aromatic carbocycles. The molecule has 5 N–H and O–H groups in total. The van der Waals surface area contributed by atoms with Crippen molar-refractivity contribution < 1.29 is 116 Å². The molecule has 536 valence electrons. The Bertz CT molecular complexity index is 2990. The van der Waals surface area contributed by atoms with Crippen molar-refractivity contribution in [1.82, 2.24) is 4.98 Å². The van der Waals surface area contributed by atoms with E-state index in [1.807, 2.05) is 64.1 Å². The molecule has 25 heteroatoms. The number of aromatic nitrogens is 1. The van der Waals surface area contributed by atoms with Crippen molar-refractivity contribution in [2.24, 2.45) is 16.7 Å². The third-order valence-electron chi connectivity index (χ3n) is 23.2. The summed E-state index contributed by atoms with van der Waals surface area (Å²) in [5.74, 6) is -2.04. The van der Waals surface area contributed by atoms with Gasteiger partial charge in [-0.3, -0.25) is 4.98 Å². The van der Waals surface area contributed by atoms with Gasteiger partial charge in [0, 0.05) is 85.6 Å². The summed E-state index contributed by atoms with van der Waals surface area (Å²) in [6.07, 6.45) is -5.71. The predicted octanol–water partition coefficient (Wildman–Crippen LogP) is 5.79. The van der Waals surface area contributed by atoms with Crippen molar-refractivity contribution in [3.8, 4) is 0 Å². The van der Waals surface area contributed by atoms with Gasteiger partial charge in [0.1, 0.15) is 71.7 Å². The zero-order valence-electron chi connectivity index (χ0n) is 57.6. The number of carbonyl (C=O) groups excluding carboxylic acids is 2. The molecule has 0 bridgehead atoms. The largest absolute Gasteiger partial charge is 0.458 e. The number of methoxy groups -OCH3 is 5. The smallest absolute Gasteiger partial charge is 0.340 e. The Morgan fingerprint density at radius 2 is 1.15 bits per heavy atom. The monoisotopic (exact) mass is 1350 g/mol. The number of esters is 2. The molecule has 25 nitrogen and oxygen atoms in total. The maximum atomic E-state index is 14.0. The Morgan fingerprint density at radius 3 is 1.66 bits per heavy atom. The lowest BCUT2D eigenvalue weighted by molar-refractivity contribution is -0.358. The van der Waals surface area contributed by atoms with Crippen LogP contribution in [-0.2, 0) is 85.3 Å². The minimum absolute atomic E-state index is 0.0522. The maximum Gasteiger partial charge on any atom is 0.340 e. The van der Waals surface area contributed by atoms with Gasteiger partial charge in [-0.1, -0.05) is 55.8 Å². The second-order valence-corrected chi connectivity index (χ2v) is 28.4. The van der Waals surface area contributed by atoms with Crippen LogP contribution in [0.5, 0.6) is 0 Å². The van der Waals surface area contributed by atoms with Gasteiger partial charge in [-0.2, -0.15) is 0 Å². The Balaban J connectivity index is 0.694. The zero-order valence-corrected chi connectivity index (χ0v) is 57.6.